The molecule has 4 heteroatoms. The Kier molecular flexibility index (Phi) is 2.82. The zero-order valence-corrected chi connectivity index (χ0v) is 11.8. The smallest absolute Gasteiger partial charge is 0.352 e. The van der Waals surface area contributed by atoms with Gasteiger partial charge in [0.2, 0.25) is 0 Å². The van der Waals surface area contributed by atoms with Crippen LogP contribution >= 0.6 is 0 Å². The highest BCUT2D eigenvalue weighted by Gasteiger charge is 2.28. The predicted octanol–water partition coefficient (Wildman–Crippen LogP) is 3.52. The number of aliphatic imine (C=N–C) groups is 1. The summed E-state index contributed by atoms with van der Waals surface area (Å²) in [6.07, 6.45) is 1.51. The van der Waals surface area contributed by atoms with Crippen molar-refractivity contribution in [3.8, 4) is 0 Å². The zero-order valence-electron chi connectivity index (χ0n) is 11.8. The average molecular weight is 290 g/mol. The number of carboxylic acid groups (broad SMARTS) is 1. The number of carboxylic acids is 1. The van der Waals surface area contributed by atoms with E-state index in [-0.39, 0.29) is 5.70 Å². The maximum Gasteiger partial charge on any atom is 0.352 e. The SMILES string of the molecule is O=C(O)C1=C2CCc3ccccc3C2=Nc2ccccc2N1. The van der Waals surface area contributed by atoms with Crippen LogP contribution in [0.2, 0.25) is 0 Å². The van der Waals surface area contributed by atoms with Gasteiger partial charge in [-0.3, -0.25) is 0 Å². The molecule has 0 unspecified atom stereocenters. The van der Waals surface area contributed by atoms with Crippen LogP contribution < -0.4 is 5.32 Å². The van der Waals surface area contributed by atoms with Crippen LogP contribution in [0.3, 0.4) is 0 Å². The number of anilines is 1. The molecular weight excluding hydrogens is 276 g/mol. The molecule has 0 spiro atoms. The van der Waals surface area contributed by atoms with Crippen molar-refractivity contribution in [2.75, 3.05) is 5.32 Å². The van der Waals surface area contributed by atoms with Crippen molar-refractivity contribution in [3.05, 3.63) is 70.9 Å². The second kappa shape index (κ2) is 4.84. The van der Waals surface area contributed by atoms with E-state index in [2.05, 4.69) is 11.4 Å². The van der Waals surface area contributed by atoms with Crippen LogP contribution in [0.5, 0.6) is 0 Å². The average Bonchev–Trinajstić information content (AvgIpc) is 2.71. The van der Waals surface area contributed by atoms with E-state index in [9.17, 15) is 9.90 Å². The van der Waals surface area contributed by atoms with Gasteiger partial charge in [-0.15, -0.1) is 0 Å². The molecule has 22 heavy (non-hydrogen) atoms. The lowest BCUT2D eigenvalue weighted by molar-refractivity contribution is -0.132. The summed E-state index contributed by atoms with van der Waals surface area (Å²) >= 11 is 0. The summed E-state index contributed by atoms with van der Waals surface area (Å²) in [6, 6.07) is 15.6. The van der Waals surface area contributed by atoms with Crippen LogP contribution in [0.4, 0.5) is 11.4 Å². The van der Waals surface area contributed by atoms with Crippen LogP contribution in [0.15, 0.2) is 64.8 Å². The van der Waals surface area contributed by atoms with Gasteiger partial charge in [0.05, 0.1) is 17.1 Å². The van der Waals surface area contributed by atoms with Gasteiger partial charge in [0.25, 0.3) is 0 Å². The third-order valence-electron chi connectivity index (χ3n) is 4.11. The minimum Gasteiger partial charge on any atom is -0.477 e. The summed E-state index contributed by atoms with van der Waals surface area (Å²) in [5.74, 6) is -0.946. The van der Waals surface area contributed by atoms with Crippen LogP contribution in [0.1, 0.15) is 17.5 Å². The Bertz CT molecular complexity index is 850. The molecular formula is C18H14N2O2. The lowest BCUT2D eigenvalue weighted by atomic mass is 9.85. The highest BCUT2D eigenvalue weighted by atomic mass is 16.4. The van der Waals surface area contributed by atoms with Crippen LogP contribution in [-0.2, 0) is 11.2 Å². The first-order valence-electron chi connectivity index (χ1n) is 7.24. The molecule has 0 saturated heterocycles. The highest BCUT2D eigenvalue weighted by Crippen LogP contribution is 2.36. The Morgan fingerprint density at radius 2 is 1.82 bits per heavy atom. The van der Waals surface area contributed by atoms with E-state index in [0.29, 0.717) is 6.42 Å². The lowest BCUT2D eigenvalue weighted by Gasteiger charge is -2.21. The maximum absolute atomic E-state index is 11.7. The van der Waals surface area contributed by atoms with Gasteiger partial charge in [-0.05, 0) is 30.5 Å². The van der Waals surface area contributed by atoms with E-state index in [1.165, 1.54) is 5.56 Å². The number of hydrogen-bond acceptors (Lipinski definition) is 3. The fraction of sp³-hybridized carbons (Fsp3) is 0.111. The maximum atomic E-state index is 11.7. The van der Waals surface area contributed by atoms with E-state index in [0.717, 1.165) is 34.6 Å². The van der Waals surface area contributed by atoms with Gasteiger partial charge in [0.15, 0.2) is 0 Å². The second-order valence-electron chi connectivity index (χ2n) is 5.42. The summed E-state index contributed by atoms with van der Waals surface area (Å²) in [5.41, 5.74) is 5.53. The van der Waals surface area contributed by atoms with E-state index in [1.54, 1.807) is 0 Å². The topological polar surface area (TPSA) is 61.7 Å². The Morgan fingerprint density at radius 3 is 2.68 bits per heavy atom. The number of para-hydroxylation sites is 2. The third kappa shape index (κ3) is 1.92. The normalized spacial score (nSPS) is 15.7. The minimum atomic E-state index is -0.946. The molecule has 2 aromatic rings. The van der Waals surface area contributed by atoms with Gasteiger partial charge in [-0.1, -0.05) is 36.4 Å². The van der Waals surface area contributed by atoms with Gasteiger partial charge in [-0.25, -0.2) is 9.79 Å². The molecule has 0 fully saturated rings. The Balaban J connectivity index is 2.02. The van der Waals surface area contributed by atoms with E-state index in [1.807, 2.05) is 42.5 Å². The Hall–Kier alpha value is -2.88. The molecule has 4 nitrogen and oxygen atoms in total. The van der Waals surface area contributed by atoms with E-state index in [4.69, 9.17) is 4.99 Å². The summed E-state index contributed by atoms with van der Waals surface area (Å²) in [6.45, 7) is 0. The molecule has 0 saturated carbocycles. The van der Waals surface area contributed by atoms with Crippen LogP contribution in [-0.4, -0.2) is 16.8 Å². The largest absolute Gasteiger partial charge is 0.477 e. The molecule has 1 heterocycles. The van der Waals surface area contributed by atoms with Crippen molar-refractivity contribution < 1.29 is 9.90 Å². The molecule has 4 rings (SSSR count). The first-order chi connectivity index (χ1) is 10.7. The second-order valence-corrected chi connectivity index (χ2v) is 5.42. The standard InChI is InChI=1S/C18H14N2O2/c21-18(22)17-13-10-9-11-5-1-2-6-12(11)16(13)19-14-7-3-4-8-15(14)20-17/h1-8,20H,9-10H2,(H,21,22). The van der Waals surface area contributed by atoms with Crippen molar-refractivity contribution in [1.29, 1.82) is 0 Å². The number of benzene rings is 2. The number of carbonyl (C=O) groups is 1. The number of fused-ring (bicyclic) bond motifs is 4. The van der Waals surface area contributed by atoms with Crippen LogP contribution in [0.25, 0.3) is 0 Å². The Labute approximate surface area is 127 Å². The summed E-state index contributed by atoms with van der Waals surface area (Å²) in [7, 11) is 0. The lowest BCUT2D eigenvalue weighted by Crippen LogP contribution is -2.21. The number of rotatable bonds is 1. The molecule has 1 aliphatic heterocycles. The quantitative estimate of drug-likeness (QED) is 0.844. The molecule has 0 radical (unpaired) electrons. The molecule has 0 amide bonds. The number of aliphatic carboxylic acids is 1. The number of nitrogens with one attached hydrogen (secondary N) is 1. The van der Waals surface area contributed by atoms with Gasteiger partial charge in [0, 0.05) is 11.1 Å². The zero-order chi connectivity index (χ0) is 15.1. The van der Waals surface area contributed by atoms with E-state index >= 15 is 0 Å². The molecule has 0 aromatic heterocycles. The third-order valence-corrected chi connectivity index (χ3v) is 4.11. The molecule has 2 aliphatic rings. The molecule has 0 bridgehead atoms. The highest BCUT2D eigenvalue weighted by molar-refractivity contribution is 6.20. The molecule has 2 aromatic carbocycles. The number of allylic oxidation sites excluding steroid dienone is 1. The predicted molar refractivity (Wildman–Crippen MR) is 85.7 cm³/mol. The number of nitrogens with zero attached hydrogens (tertiary/aromatic N) is 1. The van der Waals surface area contributed by atoms with Gasteiger partial charge in [0.1, 0.15) is 5.70 Å². The van der Waals surface area contributed by atoms with Crippen molar-refractivity contribution in [2.45, 2.75) is 12.8 Å². The van der Waals surface area contributed by atoms with Crippen molar-refractivity contribution in [3.63, 3.8) is 0 Å². The molecule has 1 aliphatic carbocycles. The number of hydrogen-bond donors (Lipinski definition) is 2. The van der Waals surface area contributed by atoms with Crippen molar-refractivity contribution in [2.24, 2.45) is 4.99 Å². The molecule has 0 atom stereocenters. The van der Waals surface area contributed by atoms with Gasteiger partial charge in [-0.2, -0.15) is 0 Å². The van der Waals surface area contributed by atoms with Gasteiger partial charge < -0.3 is 10.4 Å². The summed E-state index contributed by atoms with van der Waals surface area (Å²) < 4.78 is 0. The monoisotopic (exact) mass is 290 g/mol. The molecule has 2 N–H and O–H groups in total. The summed E-state index contributed by atoms with van der Waals surface area (Å²) in [4.78, 5) is 16.5. The first-order valence-corrected chi connectivity index (χ1v) is 7.24. The summed E-state index contributed by atoms with van der Waals surface area (Å²) in [5, 5.41) is 12.7. The fourth-order valence-electron chi connectivity index (χ4n) is 3.07. The molecule has 108 valence electrons. The number of aryl methyl sites for hydroxylation is 1. The van der Waals surface area contributed by atoms with E-state index < -0.39 is 5.97 Å². The van der Waals surface area contributed by atoms with Crippen molar-refractivity contribution >= 4 is 23.1 Å². The minimum absolute atomic E-state index is 0.234. The first kappa shape index (κ1) is 12.8. The van der Waals surface area contributed by atoms with Crippen molar-refractivity contribution in [1.82, 2.24) is 0 Å². The fourth-order valence-corrected chi connectivity index (χ4v) is 3.07. The van der Waals surface area contributed by atoms with Crippen LogP contribution in [0, 0.1) is 0 Å². The Morgan fingerprint density at radius 1 is 1.05 bits per heavy atom. The van der Waals surface area contributed by atoms with Gasteiger partial charge >= 0.3 is 5.97 Å².